The van der Waals surface area contributed by atoms with Crippen LogP contribution < -0.4 is 11.0 Å². The van der Waals surface area contributed by atoms with Crippen molar-refractivity contribution < 1.29 is 0 Å². The van der Waals surface area contributed by atoms with Gasteiger partial charge in [-0.3, -0.25) is 9.13 Å². The molecule has 100 valence electrons. The van der Waals surface area contributed by atoms with Crippen LogP contribution in [-0.4, -0.2) is 22.2 Å². The van der Waals surface area contributed by atoms with Crippen molar-refractivity contribution in [1.82, 2.24) is 14.5 Å². The van der Waals surface area contributed by atoms with Gasteiger partial charge in [-0.25, -0.2) is 4.79 Å². The maximum Gasteiger partial charge on any atom is 0.329 e. The van der Waals surface area contributed by atoms with Gasteiger partial charge >= 0.3 is 5.69 Å². The number of rotatable bonds is 2. The molecule has 0 bridgehead atoms. The van der Waals surface area contributed by atoms with E-state index in [-0.39, 0.29) is 11.7 Å². The van der Waals surface area contributed by atoms with Gasteiger partial charge in [0.05, 0.1) is 17.1 Å². The standard InChI is InChI=1S/C15H19N3O/c1-3-11-6-4-8-13-14(11)17(2)15(19)18(13)12-7-5-9-16-10-12/h3-4,6,8,12,16H,1,5,7,9-10H2,2H3. The summed E-state index contributed by atoms with van der Waals surface area (Å²) in [4.78, 5) is 12.5. The fourth-order valence-corrected chi connectivity index (χ4v) is 3.04. The average molecular weight is 257 g/mol. The minimum absolute atomic E-state index is 0.0676. The minimum atomic E-state index is 0.0676. The summed E-state index contributed by atoms with van der Waals surface area (Å²) < 4.78 is 3.68. The molecule has 1 N–H and O–H groups in total. The Morgan fingerprint density at radius 1 is 1.47 bits per heavy atom. The average Bonchev–Trinajstić information content (AvgIpc) is 2.72. The van der Waals surface area contributed by atoms with Crippen LogP contribution in [0.25, 0.3) is 17.1 Å². The number of aromatic nitrogens is 2. The summed E-state index contributed by atoms with van der Waals surface area (Å²) in [7, 11) is 1.84. The highest BCUT2D eigenvalue weighted by atomic mass is 16.1. The van der Waals surface area contributed by atoms with Crippen LogP contribution in [0.2, 0.25) is 0 Å². The van der Waals surface area contributed by atoms with Crippen LogP contribution in [0.15, 0.2) is 29.6 Å². The second-order valence-corrected chi connectivity index (χ2v) is 5.13. The lowest BCUT2D eigenvalue weighted by Gasteiger charge is -2.24. The maximum absolute atomic E-state index is 12.5. The van der Waals surface area contributed by atoms with Crippen molar-refractivity contribution in [1.29, 1.82) is 0 Å². The van der Waals surface area contributed by atoms with Crippen LogP contribution in [-0.2, 0) is 7.05 Å². The smallest absolute Gasteiger partial charge is 0.315 e. The molecule has 1 aromatic heterocycles. The third-order valence-electron chi connectivity index (χ3n) is 3.99. The number of fused-ring (bicyclic) bond motifs is 1. The number of aryl methyl sites for hydroxylation is 1. The van der Waals surface area contributed by atoms with Gasteiger partial charge in [-0.2, -0.15) is 0 Å². The van der Waals surface area contributed by atoms with E-state index >= 15 is 0 Å². The summed E-state index contributed by atoms with van der Waals surface area (Å²) in [6, 6.07) is 6.27. The van der Waals surface area contributed by atoms with Gasteiger partial charge in [-0.05, 0) is 31.0 Å². The number of benzene rings is 1. The number of nitrogens with zero attached hydrogens (tertiary/aromatic N) is 2. The molecular weight excluding hydrogens is 238 g/mol. The summed E-state index contributed by atoms with van der Waals surface area (Å²) in [5.74, 6) is 0. The number of hydrogen-bond donors (Lipinski definition) is 1. The molecule has 19 heavy (non-hydrogen) atoms. The maximum atomic E-state index is 12.5. The number of hydrogen-bond acceptors (Lipinski definition) is 2. The quantitative estimate of drug-likeness (QED) is 0.892. The van der Waals surface area contributed by atoms with E-state index in [9.17, 15) is 4.79 Å². The molecule has 1 fully saturated rings. The first kappa shape index (κ1) is 12.2. The summed E-state index contributed by atoms with van der Waals surface area (Å²) in [6.07, 6.45) is 3.99. The van der Waals surface area contributed by atoms with E-state index in [4.69, 9.17) is 0 Å². The molecule has 4 nitrogen and oxygen atoms in total. The topological polar surface area (TPSA) is 39.0 Å². The SMILES string of the molecule is C=Cc1cccc2c1n(C)c(=O)n2C1CCCNC1. The van der Waals surface area contributed by atoms with Gasteiger partial charge in [0, 0.05) is 13.6 Å². The summed E-state index contributed by atoms with van der Waals surface area (Å²) in [6.45, 7) is 5.76. The molecule has 0 aliphatic carbocycles. The lowest BCUT2D eigenvalue weighted by Crippen LogP contribution is -2.36. The van der Waals surface area contributed by atoms with E-state index in [0.29, 0.717) is 0 Å². The van der Waals surface area contributed by atoms with E-state index < -0.39 is 0 Å². The van der Waals surface area contributed by atoms with E-state index in [1.54, 1.807) is 4.57 Å². The lowest BCUT2D eigenvalue weighted by molar-refractivity contribution is 0.369. The normalized spacial score (nSPS) is 19.7. The Morgan fingerprint density at radius 3 is 3.00 bits per heavy atom. The lowest BCUT2D eigenvalue weighted by atomic mass is 10.1. The van der Waals surface area contributed by atoms with Gasteiger partial charge in [-0.1, -0.05) is 24.8 Å². The Bertz CT molecular complexity index is 674. The second-order valence-electron chi connectivity index (χ2n) is 5.13. The van der Waals surface area contributed by atoms with Crippen LogP contribution in [0.1, 0.15) is 24.4 Å². The Labute approximate surface area is 112 Å². The van der Waals surface area contributed by atoms with Crippen molar-refractivity contribution in [2.24, 2.45) is 7.05 Å². The number of imidazole rings is 1. The zero-order chi connectivity index (χ0) is 13.4. The highest BCUT2D eigenvalue weighted by Gasteiger charge is 2.21. The van der Waals surface area contributed by atoms with Crippen molar-refractivity contribution in [3.05, 3.63) is 40.8 Å². The molecule has 1 aromatic carbocycles. The van der Waals surface area contributed by atoms with Crippen LogP contribution in [0.3, 0.4) is 0 Å². The number of para-hydroxylation sites is 1. The van der Waals surface area contributed by atoms with E-state index in [1.165, 1.54) is 0 Å². The molecule has 0 radical (unpaired) electrons. The molecule has 1 unspecified atom stereocenters. The molecule has 0 amide bonds. The van der Waals surface area contributed by atoms with Gasteiger partial charge < -0.3 is 5.32 Å². The summed E-state index contributed by atoms with van der Waals surface area (Å²) in [5, 5.41) is 3.37. The molecule has 0 spiro atoms. The zero-order valence-electron chi connectivity index (χ0n) is 11.2. The molecule has 4 heteroatoms. The van der Waals surface area contributed by atoms with Crippen molar-refractivity contribution in [2.75, 3.05) is 13.1 Å². The molecule has 0 saturated carbocycles. The predicted molar refractivity (Wildman–Crippen MR) is 78.4 cm³/mol. The highest BCUT2D eigenvalue weighted by Crippen LogP contribution is 2.24. The molecule has 1 aliphatic heterocycles. The Hall–Kier alpha value is -1.81. The molecule has 2 heterocycles. The Kier molecular flexibility index (Phi) is 3.03. The number of piperidine rings is 1. The summed E-state index contributed by atoms with van der Waals surface area (Å²) >= 11 is 0. The molecule has 3 rings (SSSR count). The monoisotopic (exact) mass is 257 g/mol. The van der Waals surface area contributed by atoms with Gasteiger partial charge in [0.25, 0.3) is 0 Å². The van der Waals surface area contributed by atoms with E-state index in [0.717, 1.165) is 42.5 Å². The van der Waals surface area contributed by atoms with Gasteiger partial charge in [-0.15, -0.1) is 0 Å². The van der Waals surface area contributed by atoms with Gasteiger partial charge in [0.15, 0.2) is 0 Å². The Morgan fingerprint density at radius 2 is 2.32 bits per heavy atom. The fraction of sp³-hybridized carbons (Fsp3) is 0.400. The van der Waals surface area contributed by atoms with Crippen molar-refractivity contribution in [3.8, 4) is 0 Å². The predicted octanol–water partition coefficient (Wildman–Crippen LogP) is 1.91. The van der Waals surface area contributed by atoms with Crippen molar-refractivity contribution in [3.63, 3.8) is 0 Å². The minimum Gasteiger partial charge on any atom is -0.315 e. The van der Waals surface area contributed by atoms with Gasteiger partial charge in [0.1, 0.15) is 0 Å². The summed E-state index contributed by atoms with van der Waals surface area (Å²) in [5.41, 5.74) is 3.07. The van der Waals surface area contributed by atoms with Gasteiger partial charge in [0.2, 0.25) is 0 Å². The second kappa shape index (κ2) is 4.70. The molecular formula is C15H19N3O. The first-order valence-electron chi connectivity index (χ1n) is 6.77. The molecule has 1 atom stereocenters. The first-order chi connectivity index (χ1) is 9.24. The molecule has 1 aliphatic rings. The van der Waals surface area contributed by atoms with Crippen LogP contribution in [0, 0.1) is 0 Å². The third-order valence-corrected chi connectivity index (χ3v) is 3.99. The zero-order valence-corrected chi connectivity index (χ0v) is 11.2. The van der Waals surface area contributed by atoms with Crippen LogP contribution >= 0.6 is 0 Å². The van der Waals surface area contributed by atoms with E-state index in [1.807, 2.05) is 35.9 Å². The molecule has 2 aromatic rings. The van der Waals surface area contributed by atoms with Crippen LogP contribution in [0.4, 0.5) is 0 Å². The van der Waals surface area contributed by atoms with Crippen molar-refractivity contribution in [2.45, 2.75) is 18.9 Å². The number of nitrogens with one attached hydrogen (secondary N) is 1. The van der Waals surface area contributed by atoms with Crippen LogP contribution in [0.5, 0.6) is 0 Å². The highest BCUT2D eigenvalue weighted by molar-refractivity contribution is 5.85. The Balaban J connectivity index is 2.27. The molecule has 1 saturated heterocycles. The fourth-order valence-electron chi connectivity index (χ4n) is 3.04. The third kappa shape index (κ3) is 1.83. The van der Waals surface area contributed by atoms with Crippen molar-refractivity contribution >= 4 is 17.1 Å². The van der Waals surface area contributed by atoms with E-state index in [2.05, 4.69) is 11.9 Å². The largest absolute Gasteiger partial charge is 0.329 e. The first-order valence-corrected chi connectivity index (χ1v) is 6.77.